The van der Waals surface area contributed by atoms with Crippen LogP contribution in [0.3, 0.4) is 0 Å². The van der Waals surface area contributed by atoms with Crippen LogP contribution < -0.4 is 10.2 Å². The molecule has 5 rings (SSSR count). The molecule has 2 aliphatic heterocycles. The number of hydrogen-bond acceptors (Lipinski definition) is 5. The molecule has 1 aromatic heterocycles. The van der Waals surface area contributed by atoms with Crippen LogP contribution in [-0.4, -0.2) is 24.0 Å². The molecular formula is C19H14N4OS. The van der Waals surface area contributed by atoms with Crippen LogP contribution in [0.2, 0.25) is 0 Å². The van der Waals surface area contributed by atoms with E-state index in [0.29, 0.717) is 13.1 Å². The van der Waals surface area contributed by atoms with Gasteiger partial charge in [-0.25, -0.2) is 4.98 Å². The molecule has 1 amide bonds. The number of thiazole rings is 1. The van der Waals surface area contributed by atoms with Crippen LogP contribution in [0.15, 0.2) is 48.5 Å². The molecule has 0 bridgehead atoms. The van der Waals surface area contributed by atoms with E-state index in [1.54, 1.807) is 11.3 Å². The van der Waals surface area contributed by atoms with E-state index in [9.17, 15) is 10.1 Å². The number of carbonyl (C=O) groups is 1. The Hall–Kier alpha value is -2.91. The Kier molecular flexibility index (Phi) is 2.91. The summed E-state index contributed by atoms with van der Waals surface area (Å²) in [6.07, 6.45) is 0. The Balaban J connectivity index is 1.61. The van der Waals surface area contributed by atoms with E-state index in [0.717, 1.165) is 26.6 Å². The quantitative estimate of drug-likeness (QED) is 0.735. The molecule has 6 heteroatoms. The van der Waals surface area contributed by atoms with Crippen molar-refractivity contribution >= 4 is 38.3 Å². The Morgan fingerprint density at radius 2 is 2.04 bits per heavy atom. The van der Waals surface area contributed by atoms with Crippen LogP contribution in [0.25, 0.3) is 10.2 Å². The minimum absolute atomic E-state index is 0.0798. The number of benzene rings is 2. The van der Waals surface area contributed by atoms with Gasteiger partial charge in [0.2, 0.25) is 5.91 Å². The number of nitriles is 1. The largest absolute Gasteiger partial charge is 0.345 e. The third-order valence-electron chi connectivity index (χ3n) is 5.21. The van der Waals surface area contributed by atoms with Gasteiger partial charge in [0.15, 0.2) is 5.13 Å². The first kappa shape index (κ1) is 14.4. The first-order valence-electron chi connectivity index (χ1n) is 8.13. The first-order valence-corrected chi connectivity index (χ1v) is 8.95. The molecule has 1 N–H and O–H groups in total. The van der Waals surface area contributed by atoms with Crippen molar-refractivity contribution in [3.8, 4) is 6.07 Å². The predicted molar refractivity (Wildman–Crippen MR) is 97.7 cm³/mol. The molecule has 0 saturated carbocycles. The van der Waals surface area contributed by atoms with Gasteiger partial charge in [-0.15, -0.1) is 0 Å². The van der Waals surface area contributed by atoms with Gasteiger partial charge in [-0.1, -0.05) is 41.7 Å². The molecule has 3 heterocycles. The molecule has 122 valence electrons. The number of para-hydroxylation sites is 2. The average molecular weight is 346 g/mol. The lowest BCUT2D eigenvalue weighted by Gasteiger charge is -2.24. The van der Waals surface area contributed by atoms with Gasteiger partial charge in [0.1, 0.15) is 5.41 Å². The fourth-order valence-corrected chi connectivity index (χ4v) is 4.96. The van der Waals surface area contributed by atoms with E-state index in [-0.39, 0.29) is 5.91 Å². The third kappa shape index (κ3) is 1.87. The van der Waals surface area contributed by atoms with Crippen molar-refractivity contribution in [1.82, 2.24) is 4.98 Å². The van der Waals surface area contributed by atoms with Crippen molar-refractivity contribution in [1.29, 1.82) is 5.26 Å². The highest BCUT2D eigenvalue weighted by atomic mass is 32.1. The van der Waals surface area contributed by atoms with Crippen molar-refractivity contribution in [3.05, 3.63) is 54.1 Å². The molecule has 1 saturated heterocycles. The van der Waals surface area contributed by atoms with Crippen LogP contribution in [0, 0.1) is 17.2 Å². The Morgan fingerprint density at radius 1 is 1.24 bits per heavy atom. The van der Waals surface area contributed by atoms with E-state index in [2.05, 4.69) is 16.3 Å². The molecule has 5 nitrogen and oxygen atoms in total. The van der Waals surface area contributed by atoms with E-state index < -0.39 is 11.3 Å². The van der Waals surface area contributed by atoms with Gasteiger partial charge in [-0.3, -0.25) is 4.79 Å². The Bertz CT molecular complexity index is 1020. The smallest absolute Gasteiger partial charge is 0.238 e. The van der Waals surface area contributed by atoms with Gasteiger partial charge < -0.3 is 10.2 Å². The number of nitrogens with one attached hydrogen (secondary N) is 1. The minimum Gasteiger partial charge on any atom is -0.345 e. The number of carbonyl (C=O) groups excluding carboxylic acids is 1. The fourth-order valence-electron chi connectivity index (χ4n) is 3.98. The van der Waals surface area contributed by atoms with Crippen molar-refractivity contribution in [2.75, 3.05) is 23.3 Å². The summed E-state index contributed by atoms with van der Waals surface area (Å²) in [5.41, 5.74) is 1.88. The van der Waals surface area contributed by atoms with E-state index in [1.165, 1.54) is 0 Å². The molecule has 2 atom stereocenters. The zero-order chi connectivity index (χ0) is 17.0. The molecule has 1 fully saturated rings. The lowest BCUT2D eigenvalue weighted by atomic mass is 9.74. The van der Waals surface area contributed by atoms with Crippen molar-refractivity contribution in [2.24, 2.45) is 5.92 Å². The second-order valence-electron chi connectivity index (χ2n) is 6.50. The summed E-state index contributed by atoms with van der Waals surface area (Å²) in [5, 5.41) is 13.6. The number of nitrogens with zero attached hydrogens (tertiary/aromatic N) is 3. The normalized spacial score (nSPS) is 24.5. The lowest BCUT2D eigenvalue weighted by molar-refractivity contribution is -0.120. The monoisotopic (exact) mass is 346 g/mol. The van der Waals surface area contributed by atoms with Gasteiger partial charge >= 0.3 is 0 Å². The number of anilines is 2. The van der Waals surface area contributed by atoms with Crippen molar-refractivity contribution in [3.63, 3.8) is 0 Å². The predicted octanol–water partition coefficient (Wildman–Crippen LogP) is 3.15. The van der Waals surface area contributed by atoms with Crippen LogP contribution in [0.5, 0.6) is 0 Å². The SMILES string of the molecule is N#C[C@H]1CN(c2nc3ccccc3s2)C[C@]12C(=O)Nc1ccccc12. The van der Waals surface area contributed by atoms with E-state index >= 15 is 0 Å². The molecule has 2 aliphatic rings. The third-order valence-corrected chi connectivity index (χ3v) is 6.31. The number of hydrogen-bond donors (Lipinski definition) is 1. The summed E-state index contributed by atoms with van der Waals surface area (Å²) in [6, 6.07) is 18.1. The summed E-state index contributed by atoms with van der Waals surface area (Å²) in [6.45, 7) is 0.992. The molecular weight excluding hydrogens is 332 g/mol. The van der Waals surface area contributed by atoms with Crippen LogP contribution >= 0.6 is 11.3 Å². The number of amides is 1. The second-order valence-corrected chi connectivity index (χ2v) is 7.51. The summed E-state index contributed by atoms with van der Waals surface area (Å²) >= 11 is 1.61. The summed E-state index contributed by atoms with van der Waals surface area (Å²) < 4.78 is 1.11. The van der Waals surface area contributed by atoms with Gasteiger partial charge in [0, 0.05) is 18.8 Å². The highest BCUT2D eigenvalue weighted by Gasteiger charge is 2.58. The van der Waals surface area contributed by atoms with Crippen LogP contribution in [0.1, 0.15) is 5.56 Å². The highest BCUT2D eigenvalue weighted by molar-refractivity contribution is 7.22. The van der Waals surface area contributed by atoms with Gasteiger partial charge in [0.05, 0.1) is 22.2 Å². The fraction of sp³-hybridized carbons (Fsp3) is 0.211. The average Bonchev–Trinajstić information content (AvgIpc) is 3.30. The summed E-state index contributed by atoms with van der Waals surface area (Å²) in [4.78, 5) is 19.7. The molecule has 1 spiro atoms. The summed E-state index contributed by atoms with van der Waals surface area (Å²) in [7, 11) is 0. The lowest BCUT2D eigenvalue weighted by Crippen LogP contribution is -2.41. The zero-order valence-electron chi connectivity index (χ0n) is 13.3. The topological polar surface area (TPSA) is 69.0 Å². The maximum atomic E-state index is 12.9. The molecule has 0 aliphatic carbocycles. The Morgan fingerprint density at radius 3 is 2.88 bits per heavy atom. The van der Waals surface area contributed by atoms with Crippen LogP contribution in [-0.2, 0) is 10.2 Å². The van der Waals surface area contributed by atoms with Crippen LogP contribution in [0.4, 0.5) is 10.8 Å². The van der Waals surface area contributed by atoms with E-state index in [1.807, 2.05) is 48.5 Å². The maximum absolute atomic E-state index is 12.9. The Labute approximate surface area is 148 Å². The number of rotatable bonds is 1. The number of aromatic nitrogens is 1. The van der Waals surface area contributed by atoms with Gasteiger partial charge in [-0.05, 0) is 23.8 Å². The number of fused-ring (bicyclic) bond motifs is 3. The maximum Gasteiger partial charge on any atom is 0.238 e. The molecule has 0 unspecified atom stereocenters. The first-order chi connectivity index (χ1) is 12.2. The van der Waals surface area contributed by atoms with Crippen molar-refractivity contribution in [2.45, 2.75) is 5.41 Å². The standard InChI is InChI=1S/C19H14N4OS/c20-9-12-10-23(18-22-15-7-3-4-8-16(15)25-18)11-19(12)13-5-1-2-6-14(13)21-17(19)24/h1-8,12H,10-11H2,(H,21,24)/t12-,19-/m0/s1. The summed E-state index contributed by atoms with van der Waals surface area (Å²) in [5.74, 6) is -0.480. The second kappa shape index (κ2) is 5.04. The van der Waals surface area contributed by atoms with E-state index in [4.69, 9.17) is 4.98 Å². The molecule has 2 aromatic carbocycles. The highest BCUT2D eigenvalue weighted by Crippen LogP contribution is 2.48. The molecule has 0 radical (unpaired) electrons. The van der Waals surface area contributed by atoms with Gasteiger partial charge in [-0.2, -0.15) is 5.26 Å². The minimum atomic E-state index is -0.816. The van der Waals surface area contributed by atoms with Crippen molar-refractivity contribution < 1.29 is 4.79 Å². The van der Waals surface area contributed by atoms with Gasteiger partial charge in [0.25, 0.3) is 0 Å². The molecule has 25 heavy (non-hydrogen) atoms. The molecule has 3 aromatic rings. The zero-order valence-corrected chi connectivity index (χ0v) is 14.1.